The van der Waals surface area contributed by atoms with E-state index < -0.39 is 0 Å². The molecular weight excluding hydrogens is 166 g/mol. The smallest absolute Gasteiger partial charge is 0.231 e. The molecule has 1 heterocycles. The summed E-state index contributed by atoms with van der Waals surface area (Å²) in [4.78, 5) is 10.4. The lowest BCUT2D eigenvalue weighted by molar-refractivity contribution is -0.117. The summed E-state index contributed by atoms with van der Waals surface area (Å²) in [6, 6.07) is 4.02. The molecule has 0 spiro atoms. The van der Waals surface area contributed by atoms with Gasteiger partial charge in [-0.15, -0.1) is 0 Å². The van der Waals surface area contributed by atoms with Crippen LogP contribution in [-0.4, -0.2) is 17.0 Å². The zero-order valence-electron chi connectivity index (χ0n) is 7.79. The molecule has 4 heteroatoms. The maximum absolute atomic E-state index is 10.4. The number of carbonyl (C=O) groups excluding carboxylic acids is 1. The highest BCUT2D eigenvalue weighted by Crippen LogP contribution is 2.00. The standard InChI is InChI=1S/C9H15N3O/c1-2-12-5-3-4-8(12)6-11-7-9(10)13/h3-5,11H,2,6-7H2,1H3,(H2,10,13). The number of primary amides is 1. The highest BCUT2D eigenvalue weighted by atomic mass is 16.1. The second kappa shape index (κ2) is 4.67. The number of hydrogen-bond acceptors (Lipinski definition) is 2. The molecule has 72 valence electrons. The molecule has 0 atom stereocenters. The van der Waals surface area contributed by atoms with Gasteiger partial charge in [0.15, 0.2) is 0 Å². The fraction of sp³-hybridized carbons (Fsp3) is 0.444. The fourth-order valence-corrected chi connectivity index (χ4v) is 1.23. The number of aryl methyl sites for hydroxylation is 1. The van der Waals surface area contributed by atoms with Gasteiger partial charge < -0.3 is 15.6 Å². The molecule has 1 amide bonds. The van der Waals surface area contributed by atoms with E-state index in [9.17, 15) is 4.79 Å². The molecule has 0 radical (unpaired) electrons. The Morgan fingerprint density at radius 3 is 3.08 bits per heavy atom. The average Bonchev–Trinajstić information content (AvgIpc) is 2.51. The number of rotatable bonds is 5. The molecule has 3 N–H and O–H groups in total. The zero-order valence-corrected chi connectivity index (χ0v) is 7.79. The number of hydrogen-bond donors (Lipinski definition) is 2. The molecule has 0 bridgehead atoms. The molecule has 0 aliphatic rings. The quantitative estimate of drug-likeness (QED) is 0.676. The molecule has 13 heavy (non-hydrogen) atoms. The van der Waals surface area contributed by atoms with Crippen molar-refractivity contribution in [1.29, 1.82) is 0 Å². The van der Waals surface area contributed by atoms with Gasteiger partial charge in [0.2, 0.25) is 5.91 Å². The van der Waals surface area contributed by atoms with Crippen LogP contribution >= 0.6 is 0 Å². The van der Waals surface area contributed by atoms with Crippen molar-refractivity contribution in [3.63, 3.8) is 0 Å². The van der Waals surface area contributed by atoms with Crippen LogP contribution in [0, 0.1) is 0 Å². The number of carbonyl (C=O) groups is 1. The van der Waals surface area contributed by atoms with E-state index in [1.807, 2.05) is 18.3 Å². The third kappa shape index (κ3) is 2.91. The number of nitrogens with zero attached hydrogens (tertiary/aromatic N) is 1. The molecule has 1 aromatic rings. The van der Waals surface area contributed by atoms with Crippen molar-refractivity contribution in [3.05, 3.63) is 24.0 Å². The van der Waals surface area contributed by atoms with Crippen molar-refractivity contribution in [2.45, 2.75) is 20.0 Å². The summed E-state index contributed by atoms with van der Waals surface area (Å²) >= 11 is 0. The van der Waals surface area contributed by atoms with Crippen LogP contribution < -0.4 is 11.1 Å². The Morgan fingerprint density at radius 2 is 2.46 bits per heavy atom. The predicted molar refractivity (Wildman–Crippen MR) is 51.0 cm³/mol. The highest BCUT2D eigenvalue weighted by Gasteiger charge is 1.98. The Hall–Kier alpha value is -1.29. The van der Waals surface area contributed by atoms with E-state index in [0.717, 1.165) is 6.54 Å². The largest absolute Gasteiger partial charge is 0.369 e. The Bertz CT molecular complexity index is 280. The van der Waals surface area contributed by atoms with Crippen molar-refractivity contribution >= 4 is 5.91 Å². The fourth-order valence-electron chi connectivity index (χ4n) is 1.23. The third-order valence-corrected chi connectivity index (χ3v) is 1.87. The van der Waals surface area contributed by atoms with Gasteiger partial charge in [0.1, 0.15) is 0 Å². The van der Waals surface area contributed by atoms with Crippen LogP contribution in [-0.2, 0) is 17.9 Å². The molecule has 0 saturated heterocycles. The van der Waals surface area contributed by atoms with Gasteiger partial charge in [0, 0.05) is 25.0 Å². The first-order chi connectivity index (χ1) is 6.24. The minimum Gasteiger partial charge on any atom is -0.369 e. The second-order valence-corrected chi connectivity index (χ2v) is 2.86. The van der Waals surface area contributed by atoms with E-state index in [2.05, 4.69) is 16.8 Å². The van der Waals surface area contributed by atoms with Crippen LogP contribution in [0.15, 0.2) is 18.3 Å². The Balaban J connectivity index is 2.40. The molecule has 0 saturated carbocycles. The SMILES string of the molecule is CCn1cccc1CNCC(N)=O. The van der Waals surface area contributed by atoms with Gasteiger partial charge in [0.25, 0.3) is 0 Å². The first kappa shape index (κ1) is 9.80. The summed E-state index contributed by atoms with van der Waals surface area (Å²) < 4.78 is 2.12. The van der Waals surface area contributed by atoms with Gasteiger partial charge in [0.05, 0.1) is 6.54 Å². The monoisotopic (exact) mass is 181 g/mol. The van der Waals surface area contributed by atoms with Crippen molar-refractivity contribution in [2.24, 2.45) is 5.73 Å². The summed E-state index contributed by atoms with van der Waals surface area (Å²) in [5.74, 6) is -0.324. The molecule has 4 nitrogen and oxygen atoms in total. The Kier molecular flexibility index (Phi) is 3.52. The molecule has 1 aromatic heterocycles. The van der Waals surface area contributed by atoms with Gasteiger partial charge in [-0.3, -0.25) is 4.79 Å². The number of amides is 1. The van der Waals surface area contributed by atoms with Crippen LogP contribution in [0.2, 0.25) is 0 Å². The Labute approximate surface area is 77.7 Å². The van der Waals surface area contributed by atoms with Crippen molar-refractivity contribution in [2.75, 3.05) is 6.54 Å². The second-order valence-electron chi connectivity index (χ2n) is 2.86. The van der Waals surface area contributed by atoms with Crippen molar-refractivity contribution in [1.82, 2.24) is 9.88 Å². The summed E-state index contributed by atoms with van der Waals surface area (Å²) in [6.07, 6.45) is 2.02. The first-order valence-corrected chi connectivity index (χ1v) is 4.37. The highest BCUT2D eigenvalue weighted by molar-refractivity contribution is 5.75. The maximum atomic E-state index is 10.4. The number of nitrogens with two attached hydrogens (primary N) is 1. The van der Waals surface area contributed by atoms with Crippen LogP contribution in [0.1, 0.15) is 12.6 Å². The lowest BCUT2D eigenvalue weighted by atomic mass is 10.4. The van der Waals surface area contributed by atoms with E-state index in [0.29, 0.717) is 6.54 Å². The average molecular weight is 181 g/mol. The summed E-state index contributed by atoms with van der Waals surface area (Å²) in [7, 11) is 0. The van der Waals surface area contributed by atoms with E-state index in [1.165, 1.54) is 5.69 Å². The summed E-state index contributed by atoms with van der Waals surface area (Å²) in [6.45, 7) is 3.94. The van der Waals surface area contributed by atoms with Crippen LogP contribution in [0.25, 0.3) is 0 Å². The zero-order chi connectivity index (χ0) is 9.68. The van der Waals surface area contributed by atoms with Gasteiger partial charge in [-0.1, -0.05) is 0 Å². The van der Waals surface area contributed by atoms with Crippen LogP contribution in [0.3, 0.4) is 0 Å². The molecular formula is C9H15N3O. The van der Waals surface area contributed by atoms with E-state index in [-0.39, 0.29) is 12.5 Å². The predicted octanol–water partition coefficient (Wildman–Crippen LogP) is 0.0829. The topological polar surface area (TPSA) is 60.1 Å². The molecule has 1 rings (SSSR count). The molecule has 0 aliphatic heterocycles. The lowest BCUT2D eigenvalue weighted by Crippen LogP contribution is -2.28. The first-order valence-electron chi connectivity index (χ1n) is 4.37. The van der Waals surface area contributed by atoms with E-state index in [4.69, 9.17) is 5.73 Å². The Morgan fingerprint density at radius 1 is 1.69 bits per heavy atom. The van der Waals surface area contributed by atoms with E-state index in [1.54, 1.807) is 0 Å². The lowest BCUT2D eigenvalue weighted by Gasteiger charge is -2.06. The van der Waals surface area contributed by atoms with Gasteiger partial charge in [-0.05, 0) is 19.1 Å². The van der Waals surface area contributed by atoms with E-state index >= 15 is 0 Å². The molecule has 0 fully saturated rings. The minimum absolute atomic E-state index is 0.231. The molecule has 0 unspecified atom stereocenters. The third-order valence-electron chi connectivity index (χ3n) is 1.87. The molecule has 0 aromatic carbocycles. The number of aromatic nitrogens is 1. The van der Waals surface area contributed by atoms with Gasteiger partial charge >= 0.3 is 0 Å². The van der Waals surface area contributed by atoms with Gasteiger partial charge in [-0.2, -0.15) is 0 Å². The summed E-state index contributed by atoms with van der Waals surface area (Å²) in [5.41, 5.74) is 6.16. The van der Waals surface area contributed by atoms with Crippen LogP contribution in [0.4, 0.5) is 0 Å². The van der Waals surface area contributed by atoms with Crippen molar-refractivity contribution < 1.29 is 4.79 Å². The molecule has 0 aliphatic carbocycles. The normalized spacial score (nSPS) is 10.2. The number of nitrogens with one attached hydrogen (secondary N) is 1. The van der Waals surface area contributed by atoms with Crippen molar-refractivity contribution in [3.8, 4) is 0 Å². The van der Waals surface area contributed by atoms with Crippen LogP contribution in [0.5, 0.6) is 0 Å². The van der Waals surface area contributed by atoms with Gasteiger partial charge in [-0.25, -0.2) is 0 Å². The maximum Gasteiger partial charge on any atom is 0.231 e. The minimum atomic E-state index is -0.324. The summed E-state index contributed by atoms with van der Waals surface area (Å²) in [5, 5.41) is 2.97.